The zero-order chi connectivity index (χ0) is 33.3. The summed E-state index contributed by atoms with van der Waals surface area (Å²) in [6.07, 6.45) is 4.93. The minimum atomic E-state index is -0.547. The molecule has 5 rings (SSSR count). The maximum atomic E-state index is 13.4. The van der Waals surface area contributed by atoms with Crippen LogP contribution in [0.4, 0.5) is 0 Å². The summed E-state index contributed by atoms with van der Waals surface area (Å²) in [5, 5.41) is 0. The van der Waals surface area contributed by atoms with E-state index in [1.54, 1.807) is 6.08 Å². The lowest BCUT2D eigenvalue weighted by Gasteiger charge is -2.17. The van der Waals surface area contributed by atoms with Crippen molar-refractivity contribution in [1.82, 2.24) is 19.9 Å². The predicted molar refractivity (Wildman–Crippen MR) is 177 cm³/mol. The van der Waals surface area contributed by atoms with Gasteiger partial charge < -0.3 is 24.2 Å². The molecule has 0 spiro atoms. The lowest BCUT2D eigenvalue weighted by atomic mass is 9.85. The molecule has 10 heteroatoms. The summed E-state index contributed by atoms with van der Waals surface area (Å²) < 4.78 is 15.3. The second-order valence-electron chi connectivity index (χ2n) is 11.6. The Balaban J connectivity index is 2.01. The molecule has 5 heterocycles. The van der Waals surface area contributed by atoms with E-state index in [4.69, 9.17) is 24.2 Å². The second-order valence-corrected chi connectivity index (χ2v) is 11.6. The number of hydrogen-bond acceptors (Lipinski definition) is 8. The quantitative estimate of drug-likeness (QED) is 0.212. The average molecular weight is 625 g/mol. The van der Waals surface area contributed by atoms with Crippen LogP contribution >= 0.6 is 0 Å². The molecule has 8 bridgehead atoms. The van der Waals surface area contributed by atoms with Crippen molar-refractivity contribution >= 4 is 51.6 Å². The maximum Gasteiger partial charge on any atom is 0.340 e. The molecule has 0 saturated heterocycles. The number of H-pyrrole nitrogens is 2. The van der Waals surface area contributed by atoms with Crippen LogP contribution in [0.25, 0.3) is 33.7 Å². The van der Waals surface area contributed by atoms with Gasteiger partial charge in [-0.15, -0.1) is 0 Å². The van der Waals surface area contributed by atoms with Crippen LogP contribution in [0, 0.1) is 13.8 Å². The number of aromatic amines is 2. The number of hydrogen-bond donors (Lipinski definition) is 2. The van der Waals surface area contributed by atoms with Crippen LogP contribution in [0.5, 0.6) is 0 Å². The van der Waals surface area contributed by atoms with Gasteiger partial charge in [-0.3, -0.25) is 14.6 Å². The Morgan fingerprint density at radius 1 is 0.913 bits per heavy atom. The van der Waals surface area contributed by atoms with Crippen LogP contribution in [0.15, 0.2) is 30.9 Å². The number of allylic oxidation sites excluding steroid dienone is 2. The predicted octanol–water partition coefficient (Wildman–Crippen LogP) is 6.56. The highest BCUT2D eigenvalue weighted by Crippen LogP contribution is 2.42. The van der Waals surface area contributed by atoms with Gasteiger partial charge in [0.05, 0.1) is 55.9 Å². The zero-order valence-corrected chi connectivity index (χ0v) is 27.4. The van der Waals surface area contributed by atoms with Crippen molar-refractivity contribution in [2.24, 2.45) is 0 Å². The molecule has 240 valence electrons. The number of aryl methyl sites for hydroxylation is 3. The van der Waals surface area contributed by atoms with Crippen molar-refractivity contribution in [2.45, 2.75) is 65.2 Å². The Bertz CT molecular complexity index is 1950. The first kappa shape index (κ1) is 32.4. The molecule has 2 N–H and O–H groups in total. The number of carbonyl (C=O) groups is 3. The van der Waals surface area contributed by atoms with Crippen LogP contribution in [0.3, 0.4) is 0 Å². The Morgan fingerprint density at radius 3 is 2.28 bits per heavy atom. The minimum Gasteiger partial charge on any atom is -0.469 e. The molecule has 0 amide bonds. The summed E-state index contributed by atoms with van der Waals surface area (Å²) in [6.45, 7) is 12.1. The number of fused-ring (bicyclic) bond motifs is 8. The first-order valence-corrected chi connectivity index (χ1v) is 15.4. The number of nitrogens with zero attached hydrogens (tertiary/aromatic N) is 2. The summed E-state index contributed by atoms with van der Waals surface area (Å²) in [6, 6.07) is 5.94. The topological polar surface area (TPSA) is 136 Å². The van der Waals surface area contributed by atoms with Crippen LogP contribution in [-0.2, 0) is 36.6 Å². The summed E-state index contributed by atoms with van der Waals surface area (Å²) >= 11 is 0. The number of rotatable bonds is 8. The van der Waals surface area contributed by atoms with Crippen LogP contribution in [0.1, 0.15) is 93.9 Å². The van der Waals surface area contributed by atoms with Crippen molar-refractivity contribution in [1.29, 1.82) is 0 Å². The fourth-order valence-electron chi connectivity index (χ4n) is 6.51. The Kier molecular flexibility index (Phi) is 9.27. The molecule has 0 aromatic carbocycles. The number of ether oxygens (including phenoxy) is 3. The first-order chi connectivity index (χ1) is 22.0. The average Bonchev–Trinajstić information content (AvgIpc) is 3.76. The number of aromatic nitrogens is 4. The lowest BCUT2D eigenvalue weighted by molar-refractivity contribution is -0.141. The van der Waals surface area contributed by atoms with Gasteiger partial charge in [-0.05, 0) is 67.7 Å². The number of nitrogens with one attached hydrogen (secondary N) is 2. The second kappa shape index (κ2) is 13.2. The third kappa shape index (κ3) is 5.87. The molecule has 2 atom stereocenters. The molecule has 3 aromatic rings. The standard InChI is InChI=1S/C36H40N4O6/c1-9-21-13-22-14-26-19(4)24(11-12-31(41)44-6)34(39-26)25(15-32(42)45-7)35-33(36(43)46-8)20(5)28(40-35)17-30-23(10-2)18(3)27(38-30)16-29(21)37-22/h9,13-14,16-17,19,24,38,40H,1,10-12,15H2,2-8H3/t19-,24-/m0/s1. The number of esters is 3. The first-order valence-electron chi connectivity index (χ1n) is 15.4. The monoisotopic (exact) mass is 624 g/mol. The largest absolute Gasteiger partial charge is 0.469 e. The summed E-state index contributed by atoms with van der Waals surface area (Å²) in [7, 11) is 4.01. The van der Waals surface area contributed by atoms with Crippen LogP contribution in [0.2, 0.25) is 0 Å². The lowest BCUT2D eigenvalue weighted by Crippen LogP contribution is -2.13. The van der Waals surface area contributed by atoms with Crippen LogP contribution in [-0.4, -0.2) is 59.2 Å². The van der Waals surface area contributed by atoms with E-state index in [1.165, 1.54) is 21.3 Å². The molecule has 0 aliphatic carbocycles. The van der Waals surface area contributed by atoms with Gasteiger partial charge in [0.25, 0.3) is 0 Å². The van der Waals surface area contributed by atoms with E-state index >= 15 is 0 Å². The third-order valence-corrected chi connectivity index (χ3v) is 9.13. The van der Waals surface area contributed by atoms with Gasteiger partial charge in [0.15, 0.2) is 0 Å². The zero-order valence-electron chi connectivity index (χ0n) is 27.4. The van der Waals surface area contributed by atoms with Gasteiger partial charge in [-0.25, -0.2) is 9.78 Å². The van der Waals surface area contributed by atoms with E-state index in [0.29, 0.717) is 45.5 Å². The highest BCUT2D eigenvalue weighted by atomic mass is 16.5. The van der Waals surface area contributed by atoms with Gasteiger partial charge in [-0.2, -0.15) is 0 Å². The van der Waals surface area contributed by atoms with Crippen molar-refractivity contribution in [2.75, 3.05) is 21.3 Å². The summed E-state index contributed by atoms with van der Waals surface area (Å²) in [4.78, 5) is 55.7. The fourth-order valence-corrected chi connectivity index (χ4v) is 6.51. The van der Waals surface area contributed by atoms with Crippen molar-refractivity contribution in [3.05, 3.63) is 81.4 Å². The molecule has 0 unspecified atom stereocenters. The minimum absolute atomic E-state index is 0.150. The van der Waals surface area contributed by atoms with E-state index < -0.39 is 11.9 Å². The Morgan fingerprint density at radius 2 is 1.63 bits per heavy atom. The Hall–Kier alpha value is -4.99. The fraction of sp³-hybridized carbons (Fsp3) is 0.361. The highest BCUT2D eigenvalue weighted by Gasteiger charge is 2.34. The normalized spacial score (nSPS) is 15.7. The molecule has 10 nitrogen and oxygen atoms in total. The summed E-state index contributed by atoms with van der Waals surface area (Å²) in [5.41, 5.74) is 10.3. The van der Waals surface area contributed by atoms with Crippen LogP contribution < -0.4 is 0 Å². The van der Waals surface area contributed by atoms with E-state index in [1.807, 2.05) is 38.1 Å². The van der Waals surface area contributed by atoms with Crippen molar-refractivity contribution < 1.29 is 28.6 Å². The molecular weight excluding hydrogens is 584 g/mol. The molecule has 2 aliphatic rings. The van der Waals surface area contributed by atoms with Crippen molar-refractivity contribution in [3.8, 4) is 0 Å². The van der Waals surface area contributed by atoms with Gasteiger partial charge >= 0.3 is 17.9 Å². The maximum absolute atomic E-state index is 13.4. The van der Waals surface area contributed by atoms with E-state index in [2.05, 4.69) is 30.4 Å². The van der Waals surface area contributed by atoms with Gasteiger partial charge in [-0.1, -0.05) is 26.5 Å². The molecule has 0 fully saturated rings. The van der Waals surface area contributed by atoms with E-state index in [9.17, 15) is 14.4 Å². The van der Waals surface area contributed by atoms with E-state index in [0.717, 1.165) is 45.5 Å². The molecule has 3 aromatic heterocycles. The number of methoxy groups -OCH3 is 3. The molecule has 2 aliphatic heterocycles. The third-order valence-electron chi connectivity index (χ3n) is 9.13. The molecule has 46 heavy (non-hydrogen) atoms. The molecular formula is C36H40N4O6. The highest BCUT2D eigenvalue weighted by molar-refractivity contribution is 6.03. The van der Waals surface area contributed by atoms with Gasteiger partial charge in [0.1, 0.15) is 0 Å². The number of carbonyl (C=O) groups excluding carboxylic acids is 3. The van der Waals surface area contributed by atoms with Gasteiger partial charge in [0, 0.05) is 51.6 Å². The Labute approximate surface area is 267 Å². The smallest absolute Gasteiger partial charge is 0.340 e. The van der Waals surface area contributed by atoms with E-state index in [-0.39, 0.29) is 30.6 Å². The molecule has 0 radical (unpaired) electrons. The molecule has 0 saturated carbocycles. The SMILES string of the molecule is C=CC1=Cc2cc3nc(c(CC(=O)OC)c4[nH]c(cc5[nH]c(cc1n2)c(C)c5CC)c(C)c4C(=O)OC)[C@@H](CCC(=O)OC)[C@@H]3C. The van der Waals surface area contributed by atoms with Gasteiger partial charge in [0.2, 0.25) is 0 Å². The van der Waals surface area contributed by atoms with Crippen molar-refractivity contribution in [3.63, 3.8) is 0 Å². The summed E-state index contributed by atoms with van der Waals surface area (Å²) in [5.74, 6) is -1.82.